The van der Waals surface area contributed by atoms with Crippen LogP contribution in [0.2, 0.25) is 10.0 Å². The second-order valence-electron chi connectivity index (χ2n) is 4.69. The Morgan fingerprint density at radius 1 is 1.10 bits per heavy atom. The number of hydrogen-bond donors (Lipinski definition) is 0. The maximum atomic E-state index is 13.3. The maximum absolute atomic E-state index is 13.3. The van der Waals surface area contributed by atoms with E-state index in [-0.39, 0.29) is 18.1 Å². The van der Waals surface area contributed by atoms with E-state index in [0.717, 1.165) is 5.39 Å². The Kier molecular flexibility index (Phi) is 3.70. The molecule has 0 aliphatic rings. The van der Waals surface area contributed by atoms with Crippen LogP contribution in [-0.2, 0) is 6.54 Å². The van der Waals surface area contributed by atoms with Crippen LogP contribution in [0.4, 0.5) is 4.39 Å². The van der Waals surface area contributed by atoms with Gasteiger partial charge in [-0.15, -0.1) is 0 Å². The number of ketones is 1. The average molecular weight is 322 g/mol. The molecule has 0 bridgehead atoms. The molecule has 1 aromatic heterocycles. The smallest absolute Gasteiger partial charge is 0.184 e. The summed E-state index contributed by atoms with van der Waals surface area (Å²) in [5.41, 5.74) is 1.03. The average Bonchev–Trinajstić information content (AvgIpc) is 2.84. The van der Waals surface area contributed by atoms with Crippen molar-refractivity contribution in [2.75, 3.05) is 0 Å². The molecule has 0 amide bonds. The number of nitrogens with zero attached hydrogens (tertiary/aromatic N) is 1. The van der Waals surface area contributed by atoms with E-state index >= 15 is 0 Å². The summed E-state index contributed by atoms with van der Waals surface area (Å²) >= 11 is 11.9. The normalized spacial score (nSPS) is 11.0. The standard InChI is InChI=1S/C16H10Cl2FNO/c17-11-2-4-14(18)13(7-11)16(21)9-20-6-5-10-1-3-12(19)8-15(10)20/h1-8H,9H2. The van der Waals surface area contributed by atoms with Gasteiger partial charge in [-0.3, -0.25) is 4.79 Å². The van der Waals surface area contributed by atoms with Gasteiger partial charge in [0.15, 0.2) is 5.78 Å². The Morgan fingerprint density at radius 3 is 2.71 bits per heavy atom. The highest BCUT2D eigenvalue weighted by atomic mass is 35.5. The molecule has 2 aromatic carbocycles. The summed E-state index contributed by atoms with van der Waals surface area (Å²) in [7, 11) is 0. The minimum absolute atomic E-state index is 0.0764. The fourth-order valence-electron chi connectivity index (χ4n) is 2.25. The monoisotopic (exact) mass is 321 g/mol. The number of halogens is 3. The lowest BCUT2D eigenvalue weighted by atomic mass is 10.1. The highest BCUT2D eigenvalue weighted by Gasteiger charge is 2.13. The Labute approximate surface area is 130 Å². The van der Waals surface area contributed by atoms with Gasteiger partial charge < -0.3 is 4.57 Å². The topological polar surface area (TPSA) is 22.0 Å². The van der Waals surface area contributed by atoms with Gasteiger partial charge in [0.05, 0.1) is 17.1 Å². The summed E-state index contributed by atoms with van der Waals surface area (Å²) < 4.78 is 15.0. The Morgan fingerprint density at radius 2 is 1.90 bits per heavy atom. The minimum atomic E-state index is -0.337. The number of benzene rings is 2. The molecule has 0 radical (unpaired) electrons. The van der Waals surface area contributed by atoms with Crippen LogP contribution in [0, 0.1) is 5.82 Å². The first-order chi connectivity index (χ1) is 10.0. The molecule has 3 aromatic rings. The summed E-state index contributed by atoms with van der Waals surface area (Å²) in [6.07, 6.45) is 1.75. The first-order valence-corrected chi connectivity index (χ1v) is 7.03. The Balaban J connectivity index is 1.96. The van der Waals surface area contributed by atoms with Crippen molar-refractivity contribution in [1.29, 1.82) is 0 Å². The highest BCUT2D eigenvalue weighted by Crippen LogP contribution is 2.23. The van der Waals surface area contributed by atoms with Crippen molar-refractivity contribution in [2.45, 2.75) is 6.54 Å². The number of carbonyl (C=O) groups excluding carboxylic acids is 1. The zero-order chi connectivity index (χ0) is 15.0. The fourth-order valence-corrected chi connectivity index (χ4v) is 2.64. The van der Waals surface area contributed by atoms with Crippen molar-refractivity contribution in [3.05, 3.63) is 70.1 Å². The third-order valence-electron chi connectivity index (χ3n) is 3.28. The molecule has 0 spiro atoms. The molecule has 0 fully saturated rings. The van der Waals surface area contributed by atoms with Gasteiger partial charge in [0.25, 0.3) is 0 Å². The van der Waals surface area contributed by atoms with Crippen LogP contribution in [-0.4, -0.2) is 10.4 Å². The van der Waals surface area contributed by atoms with Crippen LogP contribution in [0.5, 0.6) is 0 Å². The largest absolute Gasteiger partial charge is 0.340 e. The van der Waals surface area contributed by atoms with Gasteiger partial charge in [0.2, 0.25) is 0 Å². The summed E-state index contributed by atoms with van der Waals surface area (Å²) in [6.45, 7) is 0.0764. The van der Waals surface area contributed by atoms with Crippen molar-refractivity contribution in [3.63, 3.8) is 0 Å². The summed E-state index contributed by atoms with van der Waals surface area (Å²) in [4.78, 5) is 12.4. The van der Waals surface area contributed by atoms with E-state index in [4.69, 9.17) is 23.2 Å². The van der Waals surface area contributed by atoms with E-state index in [1.807, 2.05) is 6.07 Å². The van der Waals surface area contributed by atoms with Gasteiger partial charge in [-0.05, 0) is 47.9 Å². The number of aromatic nitrogens is 1. The van der Waals surface area contributed by atoms with Crippen molar-refractivity contribution >= 4 is 39.9 Å². The number of hydrogen-bond acceptors (Lipinski definition) is 1. The molecule has 0 saturated heterocycles. The van der Waals surface area contributed by atoms with Crippen molar-refractivity contribution in [1.82, 2.24) is 4.57 Å². The lowest BCUT2D eigenvalue weighted by Crippen LogP contribution is -2.10. The molecule has 0 saturated carbocycles. The van der Waals surface area contributed by atoms with Crippen molar-refractivity contribution in [3.8, 4) is 0 Å². The molecular formula is C16H10Cl2FNO. The van der Waals surface area contributed by atoms with Gasteiger partial charge in [-0.2, -0.15) is 0 Å². The van der Waals surface area contributed by atoms with Gasteiger partial charge in [0.1, 0.15) is 5.82 Å². The van der Waals surface area contributed by atoms with E-state index in [1.165, 1.54) is 12.1 Å². The molecule has 0 atom stereocenters. The fraction of sp³-hybridized carbons (Fsp3) is 0.0625. The number of fused-ring (bicyclic) bond motifs is 1. The van der Waals surface area contributed by atoms with Crippen LogP contribution >= 0.6 is 23.2 Å². The zero-order valence-corrected chi connectivity index (χ0v) is 12.3. The summed E-state index contributed by atoms with van der Waals surface area (Å²) in [5.74, 6) is -0.514. The van der Waals surface area contributed by atoms with E-state index < -0.39 is 0 Å². The van der Waals surface area contributed by atoms with Crippen molar-refractivity contribution < 1.29 is 9.18 Å². The van der Waals surface area contributed by atoms with Gasteiger partial charge >= 0.3 is 0 Å². The lowest BCUT2D eigenvalue weighted by molar-refractivity contribution is 0.0973. The van der Waals surface area contributed by atoms with Crippen LogP contribution in [0.15, 0.2) is 48.7 Å². The maximum Gasteiger partial charge on any atom is 0.184 e. The van der Waals surface area contributed by atoms with Gasteiger partial charge in [0, 0.05) is 16.8 Å². The third-order valence-corrected chi connectivity index (χ3v) is 3.84. The molecule has 0 unspecified atom stereocenters. The predicted molar refractivity (Wildman–Crippen MR) is 82.7 cm³/mol. The van der Waals surface area contributed by atoms with E-state index in [2.05, 4.69) is 0 Å². The third kappa shape index (κ3) is 2.80. The first-order valence-electron chi connectivity index (χ1n) is 6.27. The highest BCUT2D eigenvalue weighted by molar-refractivity contribution is 6.35. The molecule has 1 heterocycles. The van der Waals surface area contributed by atoms with Crippen LogP contribution in [0.3, 0.4) is 0 Å². The molecule has 0 N–H and O–H groups in total. The SMILES string of the molecule is O=C(Cn1ccc2ccc(F)cc21)c1cc(Cl)ccc1Cl. The van der Waals surface area contributed by atoms with E-state index in [9.17, 15) is 9.18 Å². The van der Waals surface area contributed by atoms with Crippen LogP contribution in [0.25, 0.3) is 10.9 Å². The molecule has 2 nitrogen and oxygen atoms in total. The quantitative estimate of drug-likeness (QED) is 0.624. The van der Waals surface area contributed by atoms with Crippen LogP contribution < -0.4 is 0 Å². The molecule has 0 aliphatic heterocycles. The van der Waals surface area contributed by atoms with Crippen molar-refractivity contribution in [2.24, 2.45) is 0 Å². The lowest BCUT2D eigenvalue weighted by Gasteiger charge is -2.07. The van der Waals surface area contributed by atoms with Crippen LogP contribution in [0.1, 0.15) is 10.4 Å². The number of rotatable bonds is 3. The summed E-state index contributed by atoms with van der Waals surface area (Å²) in [5, 5.41) is 1.68. The number of carbonyl (C=O) groups is 1. The Bertz CT molecular complexity index is 841. The predicted octanol–water partition coefficient (Wildman–Crippen LogP) is 4.97. The Hall–Kier alpha value is -1.84. The molecule has 3 rings (SSSR count). The van der Waals surface area contributed by atoms with E-state index in [0.29, 0.717) is 21.1 Å². The summed E-state index contributed by atoms with van der Waals surface area (Å²) in [6, 6.07) is 11.1. The molecule has 5 heteroatoms. The number of Topliss-reactive ketones (excluding diaryl/α,β-unsaturated/α-hetero) is 1. The van der Waals surface area contributed by atoms with Gasteiger partial charge in [-0.1, -0.05) is 23.2 Å². The van der Waals surface area contributed by atoms with E-state index in [1.54, 1.807) is 35.0 Å². The second kappa shape index (κ2) is 5.51. The zero-order valence-electron chi connectivity index (χ0n) is 10.8. The first kappa shape index (κ1) is 14.1. The molecule has 106 valence electrons. The minimum Gasteiger partial charge on any atom is -0.340 e. The second-order valence-corrected chi connectivity index (χ2v) is 5.54. The van der Waals surface area contributed by atoms with Gasteiger partial charge in [-0.25, -0.2) is 4.39 Å². The molecule has 0 aliphatic carbocycles. The molecule has 21 heavy (non-hydrogen) atoms. The molecular weight excluding hydrogens is 312 g/mol.